The third-order valence-electron chi connectivity index (χ3n) is 3.62. The second-order valence-electron chi connectivity index (χ2n) is 6.64. The molecule has 1 amide bonds. The molecule has 5 nitrogen and oxygen atoms in total. The van der Waals surface area contributed by atoms with E-state index in [0.717, 1.165) is 15.3 Å². The number of carbonyl (C=O) groups excluding carboxylic acids is 2. The number of ketones is 1. The summed E-state index contributed by atoms with van der Waals surface area (Å²) in [6, 6.07) is 1.91. The summed E-state index contributed by atoms with van der Waals surface area (Å²) in [6.07, 6.45) is -0.312. The van der Waals surface area contributed by atoms with Crippen LogP contribution in [0.1, 0.15) is 47.8 Å². The molecule has 0 N–H and O–H groups in total. The summed E-state index contributed by atoms with van der Waals surface area (Å²) in [5.41, 5.74) is 0.158. The number of rotatable bonds is 1. The molecule has 1 spiro atoms. The maximum atomic E-state index is 12.0. The summed E-state index contributed by atoms with van der Waals surface area (Å²) in [5, 5.41) is 0. The number of Topliss-reactive ketones (excluding diaryl/α,β-unsaturated/α-hetero) is 1. The quantitative estimate of drug-likeness (QED) is 0.749. The highest BCUT2D eigenvalue weighted by Crippen LogP contribution is 2.47. The van der Waals surface area contributed by atoms with Crippen LogP contribution in [0.5, 0.6) is 0 Å². The first-order valence-electron chi connectivity index (χ1n) is 6.96. The van der Waals surface area contributed by atoms with E-state index in [1.165, 1.54) is 11.3 Å². The summed E-state index contributed by atoms with van der Waals surface area (Å²) in [5.74, 6) is 0.0767. The fourth-order valence-corrected chi connectivity index (χ4v) is 3.83. The molecule has 0 saturated carbocycles. The van der Waals surface area contributed by atoms with E-state index < -0.39 is 11.2 Å². The second-order valence-corrected chi connectivity index (χ2v) is 7.69. The maximum absolute atomic E-state index is 12.0. The minimum atomic E-state index is -0.494. The zero-order chi connectivity index (χ0) is 15.4. The van der Waals surface area contributed by atoms with Crippen molar-refractivity contribution >= 4 is 23.2 Å². The Morgan fingerprint density at radius 2 is 2.05 bits per heavy atom. The predicted octanol–water partition coefficient (Wildman–Crippen LogP) is 2.93. The molecule has 0 bridgehead atoms. The van der Waals surface area contributed by atoms with E-state index in [4.69, 9.17) is 9.47 Å². The van der Waals surface area contributed by atoms with Crippen LogP contribution in [0.25, 0.3) is 0 Å². The molecule has 6 heteroatoms. The lowest BCUT2D eigenvalue weighted by Crippen LogP contribution is -2.61. The van der Waals surface area contributed by atoms with Crippen LogP contribution >= 0.6 is 11.3 Å². The molecule has 0 radical (unpaired) electrons. The molecule has 1 aromatic rings. The number of carbonyl (C=O) groups is 2. The number of nitrogens with zero attached hydrogens (tertiary/aromatic N) is 1. The molecule has 114 valence electrons. The van der Waals surface area contributed by atoms with Crippen LogP contribution in [-0.4, -0.2) is 35.5 Å². The van der Waals surface area contributed by atoms with Crippen molar-refractivity contribution in [3.8, 4) is 0 Å². The molecule has 3 rings (SSSR count). The van der Waals surface area contributed by atoms with Gasteiger partial charge in [0.05, 0.1) is 24.6 Å². The molecule has 2 aliphatic rings. The van der Waals surface area contributed by atoms with Gasteiger partial charge in [-0.05, 0) is 39.3 Å². The van der Waals surface area contributed by atoms with Crippen LogP contribution in [0.4, 0.5) is 4.79 Å². The van der Waals surface area contributed by atoms with Gasteiger partial charge in [-0.2, -0.15) is 0 Å². The van der Waals surface area contributed by atoms with Gasteiger partial charge in [0.2, 0.25) is 0 Å². The second kappa shape index (κ2) is 4.55. The highest BCUT2D eigenvalue weighted by Gasteiger charge is 2.53. The first-order chi connectivity index (χ1) is 9.70. The monoisotopic (exact) mass is 309 g/mol. The van der Waals surface area contributed by atoms with Gasteiger partial charge in [-0.25, -0.2) is 4.79 Å². The highest BCUT2D eigenvalue weighted by molar-refractivity contribution is 7.14. The number of ether oxygens (including phenoxy) is 2. The van der Waals surface area contributed by atoms with Crippen molar-refractivity contribution in [2.75, 3.05) is 13.1 Å². The SMILES string of the molecule is CC(=O)c1cc2c(s1)C1(CN(C(=O)OC(C)(C)C)C1)OC2. The zero-order valence-corrected chi connectivity index (χ0v) is 13.5. The Bertz CT molecular complexity index is 608. The van der Waals surface area contributed by atoms with Gasteiger partial charge < -0.3 is 14.4 Å². The van der Waals surface area contributed by atoms with Crippen molar-refractivity contribution < 1.29 is 19.1 Å². The summed E-state index contributed by atoms with van der Waals surface area (Å²) >= 11 is 1.49. The number of hydrogen-bond donors (Lipinski definition) is 0. The predicted molar refractivity (Wildman–Crippen MR) is 78.6 cm³/mol. The molecular weight excluding hydrogens is 290 g/mol. The minimum Gasteiger partial charge on any atom is -0.444 e. The lowest BCUT2D eigenvalue weighted by atomic mass is 9.92. The average Bonchev–Trinajstić information content (AvgIpc) is 2.80. The van der Waals surface area contributed by atoms with Crippen molar-refractivity contribution in [2.24, 2.45) is 0 Å². The van der Waals surface area contributed by atoms with Crippen LogP contribution in [0.15, 0.2) is 6.07 Å². The molecule has 0 aromatic carbocycles. The first-order valence-corrected chi connectivity index (χ1v) is 7.78. The van der Waals surface area contributed by atoms with Crippen molar-refractivity contribution in [1.29, 1.82) is 0 Å². The molecule has 2 aliphatic heterocycles. The Balaban J connectivity index is 1.72. The minimum absolute atomic E-state index is 0.0767. The van der Waals surface area contributed by atoms with Gasteiger partial charge in [0.25, 0.3) is 0 Å². The van der Waals surface area contributed by atoms with Gasteiger partial charge in [-0.15, -0.1) is 11.3 Å². The van der Waals surface area contributed by atoms with Crippen LogP contribution in [0.2, 0.25) is 0 Å². The fraction of sp³-hybridized carbons (Fsp3) is 0.600. The van der Waals surface area contributed by atoms with Crippen LogP contribution < -0.4 is 0 Å². The summed E-state index contributed by atoms with van der Waals surface area (Å²) in [4.78, 5) is 27.0. The van der Waals surface area contributed by atoms with Gasteiger partial charge in [0.15, 0.2) is 5.78 Å². The van der Waals surface area contributed by atoms with E-state index in [-0.39, 0.29) is 11.9 Å². The van der Waals surface area contributed by atoms with Crippen LogP contribution in [0, 0.1) is 0 Å². The van der Waals surface area contributed by atoms with Crippen LogP contribution in [0.3, 0.4) is 0 Å². The van der Waals surface area contributed by atoms with Crippen LogP contribution in [-0.2, 0) is 21.7 Å². The molecule has 1 aromatic heterocycles. The van der Waals surface area contributed by atoms with E-state index in [9.17, 15) is 9.59 Å². The lowest BCUT2D eigenvalue weighted by Gasteiger charge is -2.46. The fourth-order valence-electron chi connectivity index (χ4n) is 2.64. The molecule has 3 heterocycles. The van der Waals surface area contributed by atoms with Crippen molar-refractivity contribution in [2.45, 2.75) is 45.5 Å². The molecule has 1 saturated heterocycles. The van der Waals surface area contributed by atoms with E-state index in [2.05, 4.69) is 0 Å². The van der Waals surface area contributed by atoms with E-state index in [1.54, 1.807) is 11.8 Å². The third-order valence-corrected chi connectivity index (χ3v) is 5.08. The van der Waals surface area contributed by atoms with Gasteiger partial charge in [-0.3, -0.25) is 4.79 Å². The molecular formula is C15H19NO4S. The third kappa shape index (κ3) is 2.46. The average molecular weight is 309 g/mol. The number of amides is 1. The zero-order valence-electron chi connectivity index (χ0n) is 12.7. The number of fused-ring (bicyclic) bond motifs is 2. The van der Waals surface area contributed by atoms with Crippen molar-refractivity contribution in [1.82, 2.24) is 4.90 Å². The topological polar surface area (TPSA) is 55.8 Å². The van der Waals surface area contributed by atoms with Gasteiger partial charge >= 0.3 is 6.09 Å². The maximum Gasteiger partial charge on any atom is 0.410 e. The highest BCUT2D eigenvalue weighted by atomic mass is 32.1. The standard InChI is InChI=1S/C15H19NO4S/c1-9(17)11-5-10-6-19-15(12(10)21-11)7-16(8-15)13(18)20-14(2,3)4/h5H,6-8H2,1-4H3. The number of thiophene rings is 1. The largest absolute Gasteiger partial charge is 0.444 e. The van der Waals surface area contributed by atoms with E-state index in [1.807, 2.05) is 26.8 Å². The summed E-state index contributed by atoms with van der Waals surface area (Å²) < 4.78 is 11.2. The molecule has 1 fully saturated rings. The first kappa shape index (κ1) is 14.5. The molecule has 21 heavy (non-hydrogen) atoms. The van der Waals surface area contributed by atoms with Crippen molar-refractivity contribution in [3.63, 3.8) is 0 Å². The molecule has 0 aliphatic carbocycles. The Morgan fingerprint density at radius 1 is 1.38 bits per heavy atom. The Kier molecular flexibility index (Phi) is 3.15. The molecule has 0 unspecified atom stereocenters. The van der Waals surface area contributed by atoms with Gasteiger partial charge in [0, 0.05) is 4.88 Å². The number of likely N-dealkylation sites (tertiary alicyclic amines) is 1. The Labute approximate surface area is 127 Å². The van der Waals surface area contributed by atoms with E-state index >= 15 is 0 Å². The normalized spacial score (nSPS) is 19.3. The summed E-state index contributed by atoms with van der Waals surface area (Å²) in [7, 11) is 0. The Hall–Kier alpha value is -1.40. The molecule has 0 atom stereocenters. The van der Waals surface area contributed by atoms with Gasteiger partial charge in [-0.1, -0.05) is 0 Å². The number of hydrogen-bond acceptors (Lipinski definition) is 5. The van der Waals surface area contributed by atoms with Gasteiger partial charge in [0.1, 0.15) is 11.2 Å². The van der Waals surface area contributed by atoms with Crippen molar-refractivity contribution in [3.05, 3.63) is 21.4 Å². The Morgan fingerprint density at radius 3 is 2.62 bits per heavy atom. The van der Waals surface area contributed by atoms with E-state index in [0.29, 0.717) is 19.7 Å². The lowest BCUT2D eigenvalue weighted by molar-refractivity contribution is -0.135. The smallest absolute Gasteiger partial charge is 0.410 e. The summed E-state index contributed by atoms with van der Waals surface area (Å²) in [6.45, 7) is 8.62.